The molecule has 0 fully saturated rings. The number of benzene rings is 1. The van der Waals surface area contributed by atoms with E-state index >= 15 is 0 Å². The second-order valence-corrected chi connectivity index (χ2v) is 9.11. The van der Waals surface area contributed by atoms with Gasteiger partial charge in [-0.2, -0.15) is 0 Å². The van der Waals surface area contributed by atoms with Crippen LogP contribution in [0.5, 0.6) is 5.75 Å². The number of carbonyl (C=O) groups is 4. The van der Waals surface area contributed by atoms with Gasteiger partial charge in [0, 0.05) is 24.7 Å². The van der Waals surface area contributed by atoms with Crippen molar-refractivity contribution in [2.45, 2.75) is 63.9 Å². The van der Waals surface area contributed by atoms with E-state index in [4.69, 9.17) is 5.73 Å². The molecular formula is C24H34N6O7. The van der Waals surface area contributed by atoms with Crippen LogP contribution in [0.2, 0.25) is 0 Å². The summed E-state index contributed by atoms with van der Waals surface area (Å²) in [6.07, 6.45) is 1.63. The number of aromatic nitrogens is 2. The summed E-state index contributed by atoms with van der Waals surface area (Å²) in [5.41, 5.74) is 6.80. The molecule has 1 aromatic carbocycles. The van der Waals surface area contributed by atoms with Crippen molar-refractivity contribution in [2.75, 3.05) is 0 Å². The van der Waals surface area contributed by atoms with Gasteiger partial charge in [0.1, 0.15) is 29.9 Å². The number of carboxylic acids is 1. The quantitative estimate of drug-likeness (QED) is 0.159. The molecule has 5 atom stereocenters. The zero-order valence-corrected chi connectivity index (χ0v) is 20.8. The van der Waals surface area contributed by atoms with Gasteiger partial charge in [-0.25, -0.2) is 9.78 Å². The monoisotopic (exact) mass is 518 g/mol. The molecule has 0 radical (unpaired) electrons. The number of nitrogens with zero attached hydrogens (tertiary/aromatic N) is 1. The summed E-state index contributed by atoms with van der Waals surface area (Å²) >= 11 is 0. The molecule has 0 spiro atoms. The number of nitrogens with one attached hydrogen (secondary N) is 4. The number of rotatable bonds is 13. The number of aromatic hydroxyl groups is 1. The largest absolute Gasteiger partial charge is 0.508 e. The number of amides is 3. The summed E-state index contributed by atoms with van der Waals surface area (Å²) < 4.78 is 0. The van der Waals surface area contributed by atoms with Gasteiger partial charge in [0.25, 0.3) is 0 Å². The molecule has 2 aromatic rings. The van der Waals surface area contributed by atoms with E-state index in [0.717, 1.165) is 0 Å². The van der Waals surface area contributed by atoms with Crippen molar-refractivity contribution in [3.05, 3.63) is 48.0 Å². The first-order valence-corrected chi connectivity index (χ1v) is 11.7. The minimum absolute atomic E-state index is 0.0105. The first-order chi connectivity index (χ1) is 17.4. The van der Waals surface area contributed by atoms with Crippen LogP contribution in [0.15, 0.2) is 36.8 Å². The van der Waals surface area contributed by atoms with Gasteiger partial charge >= 0.3 is 5.97 Å². The van der Waals surface area contributed by atoms with Gasteiger partial charge in [-0.05, 0) is 30.5 Å². The SMILES string of the molecule is CC(C)C(NC(=O)C(Cc1ccc(O)cc1)NC(=O)C(Cc1cnc[nH]1)NC(=O)C(N)C(C)O)C(=O)O. The van der Waals surface area contributed by atoms with E-state index < -0.39 is 59.9 Å². The smallest absolute Gasteiger partial charge is 0.326 e. The summed E-state index contributed by atoms with van der Waals surface area (Å²) in [6.45, 7) is 4.60. The second kappa shape index (κ2) is 13.4. The molecule has 1 aromatic heterocycles. The number of aromatic amines is 1. The fourth-order valence-corrected chi connectivity index (χ4v) is 3.43. The molecule has 0 aliphatic carbocycles. The van der Waals surface area contributed by atoms with Crippen LogP contribution >= 0.6 is 0 Å². The highest BCUT2D eigenvalue weighted by Gasteiger charge is 2.32. The molecule has 0 aliphatic rings. The Morgan fingerprint density at radius 2 is 1.51 bits per heavy atom. The Labute approximate surface area is 213 Å². The number of hydrogen-bond acceptors (Lipinski definition) is 8. The fraction of sp³-hybridized carbons (Fsp3) is 0.458. The Balaban J connectivity index is 2.30. The second-order valence-electron chi connectivity index (χ2n) is 9.11. The van der Waals surface area contributed by atoms with E-state index in [1.165, 1.54) is 31.6 Å². The van der Waals surface area contributed by atoms with Gasteiger partial charge < -0.3 is 42.0 Å². The molecule has 2 rings (SSSR count). The van der Waals surface area contributed by atoms with Crippen LogP contribution in [-0.2, 0) is 32.0 Å². The topological polar surface area (TPSA) is 220 Å². The number of imidazole rings is 1. The number of aliphatic hydroxyl groups is 1. The van der Waals surface area contributed by atoms with E-state index in [1.54, 1.807) is 26.0 Å². The fourth-order valence-electron chi connectivity index (χ4n) is 3.43. The normalized spacial score (nSPS) is 15.2. The highest BCUT2D eigenvalue weighted by atomic mass is 16.4. The number of carbonyl (C=O) groups excluding carboxylic acids is 3. The zero-order chi connectivity index (χ0) is 27.7. The van der Waals surface area contributed by atoms with Crippen LogP contribution in [0.25, 0.3) is 0 Å². The molecule has 202 valence electrons. The predicted octanol–water partition coefficient (Wildman–Crippen LogP) is -1.20. The van der Waals surface area contributed by atoms with Crippen molar-refractivity contribution in [2.24, 2.45) is 11.7 Å². The van der Waals surface area contributed by atoms with E-state index in [2.05, 4.69) is 25.9 Å². The molecule has 13 nitrogen and oxygen atoms in total. The summed E-state index contributed by atoms with van der Waals surface area (Å²) in [4.78, 5) is 57.3. The van der Waals surface area contributed by atoms with Gasteiger partial charge in [0.2, 0.25) is 17.7 Å². The maximum Gasteiger partial charge on any atom is 0.326 e. The molecule has 13 heteroatoms. The van der Waals surface area contributed by atoms with Crippen molar-refractivity contribution in [3.8, 4) is 5.75 Å². The van der Waals surface area contributed by atoms with Gasteiger partial charge in [-0.3, -0.25) is 14.4 Å². The van der Waals surface area contributed by atoms with Crippen LogP contribution in [0, 0.1) is 5.92 Å². The van der Waals surface area contributed by atoms with E-state index in [9.17, 15) is 34.5 Å². The highest BCUT2D eigenvalue weighted by molar-refractivity contribution is 5.94. The number of aliphatic hydroxyl groups excluding tert-OH is 1. The first kappa shape index (κ1) is 29.3. The van der Waals surface area contributed by atoms with Crippen molar-refractivity contribution < 1.29 is 34.5 Å². The number of phenols is 1. The standard InChI is InChI=1S/C24H34N6O7/c1-12(2)20(24(36)37)30-22(34)17(8-14-4-6-16(32)7-5-14)28-21(33)18(9-15-10-26-11-27-15)29-23(35)19(25)13(3)31/h4-7,10-13,17-20,31-32H,8-9,25H2,1-3H3,(H,26,27)(H,28,33)(H,29,35)(H,30,34)(H,36,37). The molecule has 0 saturated heterocycles. The van der Waals surface area contributed by atoms with Crippen molar-refractivity contribution >= 4 is 23.7 Å². The predicted molar refractivity (Wildman–Crippen MR) is 132 cm³/mol. The summed E-state index contributed by atoms with van der Waals surface area (Å²) in [5, 5.41) is 36.2. The lowest BCUT2D eigenvalue weighted by Gasteiger charge is -2.26. The van der Waals surface area contributed by atoms with Crippen LogP contribution in [-0.4, -0.2) is 79.2 Å². The third-order valence-corrected chi connectivity index (χ3v) is 5.67. The van der Waals surface area contributed by atoms with Gasteiger partial charge in [-0.15, -0.1) is 0 Å². The summed E-state index contributed by atoms with van der Waals surface area (Å²) in [6, 6.07) is 1.04. The van der Waals surface area contributed by atoms with Gasteiger partial charge in [0.15, 0.2) is 0 Å². The highest BCUT2D eigenvalue weighted by Crippen LogP contribution is 2.13. The van der Waals surface area contributed by atoms with Crippen LogP contribution in [0.4, 0.5) is 0 Å². The number of aliphatic carboxylic acids is 1. The Morgan fingerprint density at radius 3 is 2.03 bits per heavy atom. The molecule has 5 unspecified atom stereocenters. The maximum atomic E-state index is 13.3. The summed E-state index contributed by atoms with van der Waals surface area (Å²) in [5.74, 6) is -3.91. The van der Waals surface area contributed by atoms with Crippen molar-refractivity contribution in [1.82, 2.24) is 25.9 Å². The van der Waals surface area contributed by atoms with Crippen LogP contribution in [0.3, 0.4) is 0 Å². The number of carboxylic acid groups (broad SMARTS) is 1. The van der Waals surface area contributed by atoms with Crippen LogP contribution in [0.1, 0.15) is 32.0 Å². The van der Waals surface area contributed by atoms with Gasteiger partial charge in [0.05, 0.1) is 12.4 Å². The average Bonchev–Trinajstić information content (AvgIpc) is 3.34. The Bertz CT molecular complexity index is 1060. The molecule has 0 saturated carbocycles. The molecule has 37 heavy (non-hydrogen) atoms. The van der Waals surface area contributed by atoms with Crippen LogP contribution < -0.4 is 21.7 Å². The molecular weight excluding hydrogens is 484 g/mol. The van der Waals surface area contributed by atoms with Crippen molar-refractivity contribution in [1.29, 1.82) is 0 Å². The Morgan fingerprint density at radius 1 is 0.946 bits per heavy atom. The minimum Gasteiger partial charge on any atom is -0.508 e. The molecule has 1 heterocycles. The lowest BCUT2D eigenvalue weighted by atomic mass is 10.0. The Hall–Kier alpha value is -3.97. The van der Waals surface area contributed by atoms with Gasteiger partial charge in [-0.1, -0.05) is 26.0 Å². The first-order valence-electron chi connectivity index (χ1n) is 11.7. The Kier molecular flexibility index (Phi) is 10.6. The number of nitrogens with two attached hydrogens (primary N) is 1. The van der Waals surface area contributed by atoms with E-state index in [1.807, 2.05) is 0 Å². The molecule has 3 amide bonds. The van der Waals surface area contributed by atoms with E-state index in [-0.39, 0.29) is 18.6 Å². The third-order valence-electron chi connectivity index (χ3n) is 5.67. The number of phenolic OH excluding ortho intramolecular Hbond substituents is 1. The van der Waals surface area contributed by atoms with Crippen molar-refractivity contribution in [3.63, 3.8) is 0 Å². The molecule has 0 aliphatic heterocycles. The minimum atomic E-state index is -1.30. The molecule has 9 N–H and O–H groups in total. The third kappa shape index (κ3) is 8.88. The maximum absolute atomic E-state index is 13.3. The zero-order valence-electron chi connectivity index (χ0n) is 20.8. The average molecular weight is 519 g/mol. The van der Waals surface area contributed by atoms with E-state index in [0.29, 0.717) is 11.3 Å². The lowest BCUT2D eigenvalue weighted by molar-refractivity contribution is -0.143. The lowest BCUT2D eigenvalue weighted by Crippen LogP contribution is -2.59. The summed E-state index contributed by atoms with van der Waals surface area (Å²) in [7, 11) is 0. The number of hydrogen-bond donors (Lipinski definition) is 8. The number of H-pyrrole nitrogens is 1. The molecule has 0 bridgehead atoms.